The predicted octanol–water partition coefficient (Wildman–Crippen LogP) is 3.27. The summed E-state index contributed by atoms with van der Waals surface area (Å²) in [4.78, 5) is 14.5. The van der Waals surface area contributed by atoms with Crippen LogP contribution >= 0.6 is 0 Å². The highest BCUT2D eigenvalue weighted by molar-refractivity contribution is 5.81. The summed E-state index contributed by atoms with van der Waals surface area (Å²) in [7, 11) is 0. The fraction of sp³-hybridized carbons (Fsp3) is 0.500. The molecule has 2 aromatic rings. The number of hydrogen-bond acceptors (Lipinski definition) is 3. The molecule has 3 heterocycles. The van der Waals surface area contributed by atoms with Crippen LogP contribution in [0.4, 0.5) is 0 Å². The molecule has 1 amide bonds. The van der Waals surface area contributed by atoms with E-state index >= 15 is 0 Å². The molecule has 0 aliphatic carbocycles. The van der Waals surface area contributed by atoms with E-state index in [1.807, 2.05) is 11.1 Å². The molecule has 1 N–H and O–H groups in total. The average Bonchev–Trinajstić information content (AvgIpc) is 3.33. The van der Waals surface area contributed by atoms with Gasteiger partial charge in [-0.25, -0.2) is 0 Å². The van der Waals surface area contributed by atoms with E-state index in [9.17, 15) is 4.79 Å². The monoisotopic (exact) mass is 339 g/mol. The normalized spacial score (nSPS) is 21.6. The maximum absolute atomic E-state index is 12.5. The van der Waals surface area contributed by atoms with Gasteiger partial charge in [0.2, 0.25) is 0 Å². The molecule has 5 heteroatoms. The van der Waals surface area contributed by atoms with Gasteiger partial charge in [0.1, 0.15) is 6.10 Å². The summed E-state index contributed by atoms with van der Waals surface area (Å²) in [6, 6.07) is 8.53. The first kappa shape index (κ1) is 16.3. The van der Waals surface area contributed by atoms with E-state index < -0.39 is 0 Å². The highest BCUT2D eigenvalue weighted by Gasteiger charge is 2.32. The third-order valence-corrected chi connectivity index (χ3v) is 5.42. The van der Waals surface area contributed by atoms with Crippen LogP contribution in [-0.4, -0.2) is 46.8 Å². The highest BCUT2D eigenvalue weighted by Crippen LogP contribution is 2.34. The summed E-state index contributed by atoms with van der Waals surface area (Å²) >= 11 is 0. The lowest BCUT2D eigenvalue weighted by Crippen LogP contribution is -2.43. The molecule has 2 aliphatic heterocycles. The molecule has 2 aliphatic rings. The smallest absolute Gasteiger partial charge is 0.251 e. The van der Waals surface area contributed by atoms with Gasteiger partial charge in [-0.2, -0.15) is 5.10 Å². The molecule has 1 aromatic heterocycles. The van der Waals surface area contributed by atoms with Crippen LogP contribution in [0.3, 0.4) is 0 Å². The van der Waals surface area contributed by atoms with E-state index in [0.29, 0.717) is 5.92 Å². The first-order chi connectivity index (χ1) is 12.2. The Balaban J connectivity index is 1.45. The molecule has 1 atom stereocenters. The Kier molecular flexibility index (Phi) is 4.57. The molecule has 2 saturated heterocycles. The van der Waals surface area contributed by atoms with Gasteiger partial charge in [-0.1, -0.05) is 29.8 Å². The number of aromatic amines is 1. The van der Waals surface area contributed by atoms with Gasteiger partial charge in [0, 0.05) is 36.9 Å². The highest BCUT2D eigenvalue weighted by atomic mass is 16.5. The van der Waals surface area contributed by atoms with Gasteiger partial charge in [0.05, 0.1) is 6.20 Å². The number of aryl methyl sites for hydroxylation is 1. The van der Waals surface area contributed by atoms with Crippen molar-refractivity contribution in [1.82, 2.24) is 15.1 Å². The molecule has 0 saturated carbocycles. The van der Waals surface area contributed by atoms with Crippen LogP contribution < -0.4 is 0 Å². The molecule has 0 radical (unpaired) electrons. The van der Waals surface area contributed by atoms with E-state index in [4.69, 9.17) is 4.74 Å². The van der Waals surface area contributed by atoms with Crippen LogP contribution in [0, 0.1) is 6.92 Å². The summed E-state index contributed by atoms with van der Waals surface area (Å²) in [5, 5.41) is 7.51. The minimum absolute atomic E-state index is 0.180. The Labute approximate surface area is 148 Å². The lowest BCUT2D eigenvalue weighted by Gasteiger charge is -2.33. The lowest BCUT2D eigenvalue weighted by atomic mass is 9.89. The number of aromatic nitrogens is 2. The molecular weight excluding hydrogens is 314 g/mol. The third kappa shape index (κ3) is 3.33. The van der Waals surface area contributed by atoms with Crippen molar-refractivity contribution in [3.8, 4) is 11.1 Å². The number of H-pyrrole nitrogens is 1. The first-order valence-corrected chi connectivity index (χ1v) is 9.23. The molecule has 4 rings (SSSR count). The molecule has 132 valence electrons. The fourth-order valence-corrected chi connectivity index (χ4v) is 4.01. The van der Waals surface area contributed by atoms with Crippen molar-refractivity contribution in [2.45, 2.75) is 44.6 Å². The lowest BCUT2D eigenvalue weighted by molar-refractivity contribution is -0.142. The molecule has 2 fully saturated rings. The van der Waals surface area contributed by atoms with Gasteiger partial charge in [-0.3, -0.25) is 9.89 Å². The van der Waals surface area contributed by atoms with Crippen molar-refractivity contribution in [3.63, 3.8) is 0 Å². The second-order valence-corrected chi connectivity index (χ2v) is 7.17. The average molecular weight is 339 g/mol. The van der Waals surface area contributed by atoms with Crippen LogP contribution in [-0.2, 0) is 9.53 Å². The Morgan fingerprint density at radius 3 is 2.84 bits per heavy atom. The van der Waals surface area contributed by atoms with Crippen LogP contribution in [0.25, 0.3) is 11.1 Å². The van der Waals surface area contributed by atoms with Gasteiger partial charge in [-0.15, -0.1) is 0 Å². The molecule has 5 nitrogen and oxygen atoms in total. The number of piperidine rings is 1. The first-order valence-electron chi connectivity index (χ1n) is 9.23. The topological polar surface area (TPSA) is 58.2 Å². The van der Waals surface area contributed by atoms with E-state index in [2.05, 4.69) is 41.4 Å². The molecular formula is C20H25N3O2. The van der Waals surface area contributed by atoms with Crippen molar-refractivity contribution >= 4 is 5.91 Å². The van der Waals surface area contributed by atoms with Crippen LogP contribution in [0.2, 0.25) is 0 Å². The van der Waals surface area contributed by atoms with E-state index in [1.54, 1.807) is 0 Å². The van der Waals surface area contributed by atoms with E-state index in [-0.39, 0.29) is 12.0 Å². The number of hydrogen-bond donors (Lipinski definition) is 1. The Morgan fingerprint density at radius 1 is 1.28 bits per heavy atom. The second kappa shape index (κ2) is 7.00. The summed E-state index contributed by atoms with van der Waals surface area (Å²) in [5.74, 6) is 0.603. The van der Waals surface area contributed by atoms with Crippen LogP contribution in [0.5, 0.6) is 0 Å². The van der Waals surface area contributed by atoms with Gasteiger partial charge >= 0.3 is 0 Å². The van der Waals surface area contributed by atoms with Gasteiger partial charge < -0.3 is 9.64 Å². The van der Waals surface area contributed by atoms with Crippen molar-refractivity contribution in [1.29, 1.82) is 0 Å². The maximum Gasteiger partial charge on any atom is 0.251 e. The Bertz CT molecular complexity index is 741. The number of carbonyl (C=O) groups excluding carboxylic acids is 1. The standard InChI is InChI=1S/C20H25N3O2/c1-14-4-2-5-16(12-14)17-13-21-22-19(17)15-7-9-23(10-8-15)20(24)18-6-3-11-25-18/h2,4-5,12-13,15,18H,3,6-11H2,1H3,(H,21,22)/t18-/m0/s1. The molecule has 0 spiro atoms. The number of benzene rings is 1. The van der Waals surface area contributed by atoms with Crippen LogP contribution in [0.1, 0.15) is 42.9 Å². The molecule has 0 bridgehead atoms. The summed E-state index contributed by atoms with van der Waals surface area (Å²) in [6.07, 6.45) is 5.54. The van der Waals surface area contributed by atoms with Gasteiger partial charge in [0.15, 0.2) is 0 Å². The second-order valence-electron chi connectivity index (χ2n) is 7.17. The Hall–Kier alpha value is -2.14. The zero-order valence-corrected chi connectivity index (χ0v) is 14.7. The summed E-state index contributed by atoms with van der Waals surface area (Å²) < 4.78 is 5.55. The number of ether oxygens (including phenoxy) is 1. The number of nitrogens with zero attached hydrogens (tertiary/aromatic N) is 2. The zero-order chi connectivity index (χ0) is 17.2. The number of likely N-dealkylation sites (tertiary alicyclic amines) is 1. The van der Waals surface area contributed by atoms with Crippen molar-refractivity contribution in [2.24, 2.45) is 0 Å². The number of carbonyl (C=O) groups is 1. The minimum Gasteiger partial charge on any atom is -0.368 e. The molecule has 25 heavy (non-hydrogen) atoms. The quantitative estimate of drug-likeness (QED) is 0.934. The number of amides is 1. The van der Waals surface area contributed by atoms with Crippen LogP contribution in [0.15, 0.2) is 30.5 Å². The van der Waals surface area contributed by atoms with Crippen molar-refractivity contribution < 1.29 is 9.53 Å². The largest absolute Gasteiger partial charge is 0.368 e. The minimum atomic E-state index is -0.202. The molecule has 0 unspecified atom stereocenters. The fourth-order valence-electron chi connectivity index (χ4n) is 4.01. The third-order valence-electron chi connectivity index (χ3n) is 5.42. The number of rotatable bonds is 3. The maximum atomic E-state index is 12.5. The van der Waals surface area contributed by atoms with Crippen molar-refractivity contribution in [2.75, 3.05) is 19.7 Å². The summed E-state index contributed by atoms with van der Waals surface area (Å²) in [5.41, 5.74) is 4.85. The predicted molar refractivity (Wildman–Crippen MR) is 96.3 cm³/mol. The summed E-state index contributed by atoms with van der Waals surface area (Å²) in [6.45, 7) is 4.44. The van der Waals surface area contributed by atoms with Gasteiger partial charge in [0.25, 0.3) is 5.91 Å². The van der Waals surface area contributed by atoms with Crippen molar-refractivity contribution in [3.05, 3.63) is 41.7 Å². The Morgan fingerprint density at radius 2 is 2.12 bits per heavy atom. The SMILES string of the molecule is Cc1cccc(-c2cn[nH]c2C2CCN(C(=O)[C@@H]3CCCO3)CC2)c1. The van der Waals surface area contributed by atoms with E-state index in [0.717, 1.165) is 45.4 Å². The zero-order valence-electron chi connectivity index (χ0n) is 14.7. The molecule has 1 aromatic carbocycles. The van der Waals surface area contributed by atoms with E-state index in [1.165, 1.54) is 22.4 Å². The van der Waals surface area contributed by atoms with Gasteiger partial charge in [-0.05, 0) is 38.2 Å². The number of nitrogens with one attached hydrogen (secondary N) is 1.